The molecule has 0 spiro atoms. The average Bonchev–Trinajstić information content (AvgIpc) is 3.44. The number of benzene rings is 1. The van der Waals surface area contributed by atoms with Crippen LogP contribution in [0.25, 0.3) is 0 Å². The maximum absolute atomic E-state index is 5.61. The average molecular weight is 480 g/mol. The summed E-state index contributed by atoms with van der Waals surface area (Å²) in [6.07, 6.45) is 10.1. The van der Waals surface area contributed by atoms with Crippen LogP contribution in [0.3, 0.4) is 0 Å². The third kappa shape index (κ3) is 5.90. The molecule has 0 bridgehead atoms. The molecule has 0 unspecified atom stereocenters. The first-order valence-electron chi connectivity index (χ1n) is 13.0. The maximum atomic E-state index is 5.61. The third-order valence-corrected chi connectivity index (χ3v) is 7.39. The summed E-state index contributed by atoms with van der Waals surface area (Å²) in [7, 11) is 0. The van der Waals surface area contributed by atoms with E-state index in [1.54, 1.807) is 0 Å². The van der Waals surface area contributed by atoms with E-state index in [4.69, 9.17) is 22.2 Å². The van der Waals surface area contributed by atoms with Crippen LogP contribution in [0.1, 0.15) is 56.9 Å². The quantitative estimate of drug-likeness (QED) is 0.586. The molecule has 0 atom stereocenters. The number of thiocarbonyl (C=S) groups is 1. The van der Waals surface area contributed by atoms with Crippen molar-refractivity contribution in [1.29, 1.82) is 0 Å². The SMILES string of the molecule is S=C(NCc1ccc(N2CCCC2)cc1)Nc1nc(N2CCCCC2)cc(N2CCCCC2)n1. The van der Waals surface area contributed by atoms with Gasteiger partial charge in [-0.25, -0.2) is 0 Å². The van der Waals surface area contributed by atoms with Crippen molar-refractivity contribution in [3.8, 4) is 0 Å². The highest BCUT2D eigenvalue weighted by Crippen LogP contribution is 2.26. The molecule has 1 aromatic carbocycles. The van der Waals surface area contributed by atoms with Crippen molar-refractivity contribution in [3.05, 3.63) is 35.9 Å². The van der Waals surface area contributed by atoms with Crippen molar-refractivity contribution in [2.24, 2.45) is 0 Å². The lowest BCUT2D eigenvalue weighted by atomic mass is 10.1. The molecule has 8 heteroatoms. The Balaban J connectivity index is 1.23. The van der Waals surface area contributed by atoms with Gasteiger partial charge in [0.25, 0.3) is 0 Å². The molecular weight excluding hydrogens is 442 g/mol. The molecule has 1 aromatic heterocycles. The number of aromatic nitrogens is 2. The zero-order valence-electron chi connectivity index (χ0n) is 20.1. The van der Waals surface area contributed by atoms with E-state index >= 15 is 0 Å². The minimum Gasteiger partial charge on any atom is -0.372 e. The van der Waals surface area contributed by atoms with E-state index in [0.717, 1.165) is 37.8 Å². The predicted molar refractivity (Wildman–Crippen MR) is 145 cm³/mol. The van der Waals surface area contributed by atoms with Gasteiger partial charge in [0.1, 0.15) is 11.6 Å². The number of anilines is 4. The summed E-state index contributed by atoms with van der Waals surface area (Å²) in [4.78, 5) is 16.9. The zero-order chi connectivity index (χ0) is 23.2. The zero-order valence-corrected chi connectivity index (χ0v) is 21.0. The first kappa shape index (κ1) is 23.1. The van der Waals surface area contributed by atoms with Crippen molar-refractivity contribution in [3.63, 3.8) is 0 Å². The topological polar surface area (TPSA) is 59.6 Å². The Morgan fingerprint density at radius 2 is 1.21 bits per heavy atom. The van der Waals surface area contributed by atoms with E-state index in [9.17, 15) is 0 Å². The Hall–Kier alpha value is -2.61. The minimum atomic E-state index is 0.559. The maximum Gasteiger partial charge on any atom is 0.232 e. The van der Waals surface area contributed by atoms with E-state index in [1.807, 2.05) is 0 Å². The van der Waals surface area contributed by atoms with Gasteiger partial charge in [0, 0.05) is 57.6 Å². The summed E-state index contributed by atoms with van der Waals surface area (Å²) < 4.78 is 0. The third-order valence-electron chi connectivity index (χ3n) is 7.15. The van der Waals surface area contributed by atoms with Gasteiger partial charge in [0.15, 0.2) is 5.11 Å². The minimum absolute atomic E-state index is 0.559. The summed E-state index contributed by atoms with van der Waals surface area (Å²) in [6, 6.07) is 11.0. The molecule has 7 nitrogen and oxygen atoms in total. The van der Waals surface area contributed by atoms with Crippen molar-refractivity contribution in [2.75, 3.05) is 59.3 Å². The van der Waals surface area contributed by atoms with Gasteiger partial charge >= 0.3 is 0 Å². The van der Waals surface area contributed by atoms with Crippen LogP contribution in [-0.2, 0) is 6.54 Å². The number of hydrogen-bond donors (Lipinski definition) is 2. The largest absolute Gasteiger partial charge is 0.372 e. The fourth-order valence-electron chi connectivity index (χ4n) is 5.18. The van der Waals surface area contributed by atoms with Gasteiger partial charge in [-0.05, 0) is 81.3 Å². The lowest BCUT2D eigenvalue weighted by molar-refractivity contribution is 0.567. The fourth-order valence-corrected chi connectivity index (χ4v) is 5.34. The number of nitrogens with zero attached hydrogens (tertiary/aromatic N) is 5. The molecule has 4 heterocycles. The fraction of sp³-hybridized carbons (Fsp3) is 0.577. The molecule has 0 radical (unpaired) electrons. The first-order chi connectivity index (χ1) is 16.7. The van der Waals surface area contributed by atoms with Gasteiger partial charge in [-0.2, -0.15) is 9.97 Å². The second-order valence-electron chi connectivity index (χ2n) is 9.67. The number of nitrogens with one attached hydrogen (secondary N) is 2. The number of hydrogen-bond acceptors (Lipinski definition) is 6. The molecule has 3 aliphatic heterocycles. The van der Waals surface area contributed by atoms with E-state index in [1.165, 1.54) is 75.7 Å². The van der Waals surface area contributed by atoms with Gasteiger partial charge in [0.2, 0.25) is 5.95 Å². The van der Waals surface area contributed by atoms with Crippen LogP contribution >= 0.6 is 12.2 Å². The van der Waals surface area contributed by atoms with E-state index in [-0.39, 0.29) is 0 Å². The van der Waals surface area contributed by atoms with Crippen molar-refractivity contribution < 1.29 is 0 Å². The molecule has 34 heavy (non-hydrogen) atoms. The van der Waals surface area contributed by atoms with Crippen LogP contribution in [0.5, 0.6) is 0 Å². The van der Waals surface area contributed by atoms with Crippen LogP contribution in [0.2, 0.25) is 0 Å². The second kappa shape index (κ2) is 11.2. The molecule has 2 N–H and O–H groups in total. The Morgan fingerprint density at radius 1 is 0.706 bits per heavy atom. The first-order valence-corrected chi connectivity index (χ1v) is 13.4. The van der Waals surface area contributed by atoms with Gasteiger partial charge in [-0.3, -0.25) is 0 Å². The van der Waals surface area contributed by atoms with Crippen molar-refractivity contribution >= 4 is 40.6 Å². The van der Waals surface area contributed by atoms with Gasteiger partial charge < -0.3 is 25.3 Å². The lowest BCUT2D eigenvalue weighted by Gasteiger charge is -2.31. The molecule has 182 valence electrons. The molecule has 0 aliphatic carbocycles. The molecule has 5 rings (SSSR count). The van der Waals surface area contributed by atoms with E-state index < -0.39 is 0 Å². The lowest BCUT2D eigenvalue weighted by Crippen LogP contribution is -2.34. The predicted octanol–water partition coefficient (Wildman–Crippen LogP) is 4.54. The Kier molecular flexibility index (Phi) is 7.63. The summed E-state index contributed by atoms with van der Waals surface area (Å²) in [5, 5.41) is 7.16. The Labute approximate surface area is 208 Å². The van der Waals surface area contributed by atoms with Crippen LogP contribution < -0.4 is 25.3 Å². The normalized spacial score (nSPS) is 18.8. The molecular formula is C26H37N7S. The Morgan fingerprint density at radius 3 is 1.76 bits per heavy atom. The second-order valence-corrected chi connectivity index (χ2v) is 10.1. The molecule has 3 fully saturated rings. The van der Waals surface area contributed by atoms with Crippen LogP contribution in [0.4, 0.5) is 23.3 Å². The summed E-state index contributed by atoms with van der Waals surface area (Å²) in [5.74, 6) is 2.61. The van der Waals surface area contributed by atoms with Crippen molar-refractivity contribution in [1.82, 2.24) is 15.3 Å². The summed E-state index contributed by atoms with van der Waals surface area (Å²) in [6.45, 7) is 7.26. The Bertz CT molecular complexity index is 910. The van der Waals surface area contributed by atoms with Gasteiger partial charge in [0.05, 0.1) is 0 Å². The van der Waals surface area contributed by atoms with Crippen molar-refractivity contribution in [2.45, 2.75) is 57.9 Å². The molecule has 0 amide bonds. The molecule has 2 aromatic rings. The van der Waals surface area contributed by atoms with Gasteiger partial charge in [-0.1, -0.05) is 12.1 Å². The highest BCUT2D eigenvalue weighted by Gasteiger charge is 2.19. The highest BCUT2D eigenvalue weighted by atomic mass is 32.1. The number of rotatable bonds is 6. The van der Waals surface area contributed by atoms with E-state index in [0.29, 0.717) is 17.6 Å². The highest BCUT2D eigenvalue weighted by molar-refractivity contribution is 7.80. The van der Waals surface area contributed by atoms with Crippen LogP contribution in [0.15, 0.2) is 30.3 Å². The number of piperidine rings is 2. The molecule has 3 aliphatic rings. The van der Waals surface area contributed by atoms with Crippen LogP contribution in [-0.4, -0.2) is 54.3 Å². The standard InChI is InChI=1S/C26H37N7S/c34-26(27-20-21-9-11-22(12-10-21)31-13-7-8-14-31)30-25-28-23(32-15-3-1-4-16-32)19-24(29-25)33-17-5-2-6-18-33/h9-12,19H,1-8,13-18,20H2,(H2,27,28,29,30,34). The summed E-state index contributed by atoms with van der Waals surface area (Å²) >= 11 is 5.61. The monoisotopic (exact) mass is 479 g/mol. The van der Waals surface area contributed by atoms with Gasteiger partial charge in [-0.15, -0.1) is 0 Å². The van der Waals surface area contributed by atoms with Crippen LogP contribution in [0, 0.1) is 0 Å². The van der Waals surface area contributed by atoms with E-state index in [2.05, 4.69) is 55.7 Å². The summed E-state index contributed by atoms with van der Waals surface area (Å²) in [5.41, 5.74) is 2.53. The molecule has 3 saturated heterocycles. The smallest absolute Gasteiger partial charge is 0.232 e. The molecule has 0 saturated carbocycles.